The Balaban J connectivity index is 1.72. The maximum Gasteiger partial charge on any atom is 0.234 e. The molecule has 0 spiro atoms. The number of anilines is 1. The molecular weight excluding hydrogens is 432 g/mol. The van der Waals surface area contributed by atoms with E-state index >= 15 is 0 Å². The Bertz CT molecular complexity index is 1250. The quantitative estimate of drug-likeness (QED) is 0.265. The normalized spacial score (nSPS) is 11.8. The van der Waals surface area contributed by atoms with Crippen molar-refractivity contribution in [2.75, 3.05) is 5.32 Å². The summed E-state index contributed by atoms with van der Waals surface area (Å²) < 4.78 is 6.05. The third-order valence-electron chi connectivity index (χ3n) is 5.48. The van der Waals surface area contributed by atoms with Crippen LogP contribution in [0.5, 0.6) is 5.75 Å². The van der Waals surface area contributed by atoms with Gasteiger partial charge in [-0.2, -0.15) is 0 Å². The number of oxazole rings is 1. The molecule has 1 heterocycles. The second kappa shape index (κ2) is 9.96. The summed E-state index contributed by atoms with van der Waals surface area (Å²) in [5.41, 5.74) is 3.71. The summed E-state index contributed by atoms with van der Waals surface area (Å²) in [7, 11) is 0. The van der Waals surface area contributed by atoms with Crippen LogP contribution in [-0.2, 0) is 4.79 Å². The average Bonchev–Trinajstić information content (AvgIpc) is 3.22. The monoisotopic (exact) mass is 458 g/mol. The number of nitrogens with one attached hydrogen (secondary N) is 1. The van der Waals surface area contributed by atoms with Crippen molar-refractivity contribution in [3.63, 3.8) is 0 Å². The van der Waals surface area contributed by atoms with Crippen LogP contribution in [0.25, 0.3) is 22.7 Å². The lowest BCUT2D eigenvalue weighted by atomic mass is 9.92. The van der Waals surface area contributed by atoms with Crippen molar-refractivity contribution in [1.29, 1.82) is 0 Å². The summed E-state index contributed by atoms with van der Waals surface area (Å²) in [6.07, 6.45) is 1.38. The molecule has 6 heteroatoms. The Kier molecular flexibility index (Phi) is 6.84. The number of aryl methyl sites for hydroxylation is 1. The van der Waals surface area contributed by atoms with Crippen LogP contribution in [0.2, 0.25) is 0 Å². The van der Waals surface area contributed by atoms with Gasteiger partial charge in [-0.05, 0) is 49.2 Å². The number of carbonyl (C=O) groups is 1. The van der Waals surface area contributed by atoms with Crippen LogP contribution >= 0.6 is 12.6 Å². The molecule has 1 unspecified atom stereocenters. The van der Waals surface area contributed by atoms with Crippen molar-refractivity contribution < 1.29 is 14.3 Å². The van der Waals surface area contributed by atoms with Gasteiger partial charge in [0, 0.05) is 21.6 Å². The molecule has 0 aliphatic heterocycles. The zero-order valence-corrected chi connectivity index (χ0v) is 19.5. The summed E-state index contributed by atoms with van der Waals surface area (Å²) in [5, 5.41) is 13.4. The third kappa shape index (κ3) is 5.12. The smallest absolute Gasteiger partial charge is 0.234 e. The van der Waals surface area contributed by atoms with Gasteiger partial charge in [-0.15, -0.1) is 12.6 Å². The molecule has 1 amide bonds. The molecule has 4 rings (SSSR count). The minimum Gasteiger partial charge on any atom is -0.508 e. The summed E-state index contributed by atoms with van der Waals surface area (Å²) in [5.74, 6) is 0.0429. The Morgan fingerprint density at radius 2 is 1.79 bits per heavy atom. The first kappa shape index (κ1) is 22.7. The molecule has 0 radical (unpaired) electrons. The molecule has 0 saturated carbocycles. The van der Waals surface area contributed by atoms with Gasteiger partial charge in [-0.1, -0.05) is 55.8 Å². The van der Waals surface area contributed by atoms with Gasteiger partial charge >= 0.3 is 0 Å². The molecular formula is C27H26N2O3S. The summed E-state index contributed by atoms with van der Waals surface area (Å²) in [4.78, 5) is 18.9. The van der Waals surface area contributed by atoms with E-state index in [1.807, 2.05) is 80.6 Å². The van der Waals surface area contributed by atoms with E-state index < -0.39 is 5.92 Å². The molecule has 168 valence electrons. The number of nitrogens with zero attached hydrogens (tertiary/aromatic N) is 1. The lowest BCUT2D eigenvalue weighted by Gasteiger charge is -2.17. The van der Waals surface area contributed by atoms with Crippen molar-refractivity contribution in [2.24, 2.45) is 0 Å². The average molecular weight is 459 g/mol. The van der Waals surface area contributed by atoms with E-state index in [2.05, 4.69) is 22.9 Å². The number of phenolic OH excluding ortho intramolecular Hbond substituents is 1. The molecule has 0 aliphatic carbocycles. The van der Waals surface area contributed by atoms with Gasteiger partial charge in [0.2, 0.25) is 17.7 Å². The van der Waals surface area contributed by atoms with Crippen molar-refractivity contribution in [3.8, 4) is 28.5 Å². The predicted molar refractivity (Wildman–Crippen MR) is 134 cm³/mol. The minimum atomic E-state index is -0.517. The minimum absolute atomic E-state index is 0.122. The molecule has 5 nitrogen and oxygen atoms in total. The van der Waals surface area contributed by atoms with Crippen LogP contribution in [0, 0.1) is 6.92 Å². The number of hydrogen-bond acceptors (Lipinski definition) is 5. The van der Waals surface area contributed by atoms with Crippen molar-refractivity contribution in [3.05, 3.63) is 83.9 Å². The van der Waals surface area contributed by atoms with E-state index in [9.17, 15) is 9.90 Å². The fraction of sp³-hybridized carbons (Fsp3) is 0.185. The van der Waals surface area contributed by atoms with Crippen molar-refractivity contribution in [2.45, 2.75) is 37.5 Å². The number of benzene rings is 3. The van der Waals surface area contributed by atoms with E-state index in [1.165, 1.54) is 0 Å². The highest BCUT2D eigenvalue weighted by molar-refractivity contribution is 7.80. The van der Waals surface area contributed by atoms with Crippen molar-refractivity contribution in [1.82, 2.24) is 4.98 Å². The fourth-order valence-corrected chi connectivity index (χ4v) is 3.94. The zero-order chi connectivity index (χ0) is 23.4. The van der Waals surface area contributed by atoms with Crippen LogP contribution in [0.3, 0.4) is 0 Å². The van der Waals surface area contributed by atoms with Gasteiger partial charge in [0.05, 0.1) is 5.92 Å². The molecule has 1 aromatic heterocycles. The van der Waals surface area contributed by atoms with Crippen LogP contribution in [-0.4, -0.2) is 16.0 Å². The second-order valence-corrected chi connectivity index (χ2v) is 8.52. The number of thiol groups is 1. The Morgan fingerprint density at radius 1 is 1.06 bits per heavy atom. The van der Waals surface area contributed by atoms with Crippen LogP contribution in [0.15, 0.2) is 82.1 Å². The number of hydrogen-bond donors (Lipinski definition) is 3. The molecule has 1 atom stereocenters. The van der Waals surface area contributed by atoms with Crippen LogP contribution < -0.4 is 5.32 Å². The highest BCUT2D eigenvalue weighted by atomic mass is 32.1. The summed E-state index contributed by atoms with van der Waals surface area (Å²) in [6.45, 7) is 3.92. The zero-order valence-electron chi connectivity index (χ0n) is 18.6. The number of rotatable bonds is 7. The van der Waals surface area contributed by atoms with Gasteiger partial charge < -0.3 is 9.52 Å². The van der Waals surface area contributed by atoms with Gasteiger partial charge in [0.25, 0.3) is 0 Å². The van der Waals surface area contributed by atoms with Crippen LogP contribution in [0.4, 0.5) is 5.88 Å². The molecule has 33 heavy (non-hydrogen) atoms. The largest absolute Gasteiger partial charge is 0.508 e. The summed E-state index contributed by atoms with van der Waals surface area (Å²) in [6, 6.07) is 22.4. The van der Waals surface area contributed by atoms with E-state index in [1.54, 1.807) is 6.07 Å². The number of carbonyl (C=O) groups excluding carboxylic acids is 1. The first-order valence-corrected chi connectivity index (χ1v) is 11.4. The highest BCUT2D eigenvalue weighted by Crippen LogP contribution is 2.36. The summed E-state index contributed by atoms with van der Waals surface area (Å²) >= 11 is 4.34. The first-order chi connectivity index (χ1) is 16.0. The number of aromatic hydroxyl groups is 1. The molecule has 0 fully saturated rings. The molecule has 0 aliphatic rings. The molecule has 3 aromatic carbocycles. The standard InChI is InChI=1S/C27H26N2O3S/c1-3-7-22(21-15-10-17(2)16-23(21)30)25(31)29-27-24(18-8-5-4-6-9-18)28-26(32-27)19-11-13-20(33)14-12-19/h4-6,8-16,22,30,33H,3,7H2,1-2H3,(H,29,31). The maximum atomic E-state index is 13.4. The lowest BCUT2D eigenvalue weighted by molar-refractivity contribution is -0.117. The predicted octanol–water partition coefficient (Wildman–Crippen LogP) is 6.83. The van der Waals surface area contributed by atoms with E-state index in [0.717, 1.165) is 28.0 Å². The van der Waals surface area contributed by atoms with Gasteiger partial charge in [-0.3, -0.25) is 10.1 Å². The highest BCUT2D eigenvalue weighted by Gasteiger charge is 2.26. The lowest BCUT2D eigenvalue weighted by Crippen LogP contribution is -2.21. The van der Waals surface area contributed by atoms with E-state index in [-0.39, 0.29) is 17.5 Å². The molecule has 0 saturated heterocycles. The first-order valence-electron chi connectivity index (χ1n) is 10.9. The van der Waals surface area contributed by atoms with Crippen molar-refractivity contribution >= 4 is 24.4 Å². The van der Waals surface area contributed by atoms with E-state index in [0.29, 0.717) is 23.6 Å². The number of amides is 1. The third-order valence-corrected chi connectivity index (χ3v) is 5.78. The van der Waals surface area contributed by atoms with Crippen LogP contribution in [0.1, 0.15) is 36.8 Å². The Labute approximate surface area is 198 Å². The van der Waals surface area contributed by atoms with Gasteiger partial charge in [-0.25, -0.2) is 4.98 Å². The van der Waals surface area contributed by atoms with Gasteiger partial charge in [0.1, 0.15) is 11.4 Å². The molecule has 4 aromatic rings. The Morgan fingerprint density at radius 3 is 2.45 bits per heavy atom. The number of phenols is 1. The number of aromatic nitrogens is 1. The topological polar surface area (TPSA) is 75.4 Å². The SMILES string of the molecule is CCCC(C(=O)Nc1oc(-c2ccc(S)cc2)nc1-c1ccccc1)c1ccc(C)cc1O. The molecule has 2 N–H and O–H groups in total. The van der Waals surface area contributed by atoms with E-state index in [4.69, 9.17) is 4.42 Å². The fourth-order valence-electron chi connectivity index (χ4n) is 3.79. The Hall–Kier alpha value is -3.51. The maximum absolute atomic E-state index is 13.4. The van der Waals surface area contributed by atoms with Gasteiger partial charge in [0.15, 0.2) is 0 Å². The molecule has 0 bridgehead atoms. The second-order valence-electron chi connectivity index (χ2n) is 8.00.